The van der Waals surface area contributed by atoms with Crippen LogP contribution in [0, 0.1) is 13.8 Å². The van der Waals surface area contributed by atoms with Crippen molar-refractivity contribution in [2.24, 2.45) is 0 Å². The molecule has 15 nitrogen and oxygen atoms in total. The van der Waals surface area contributed by atoms with Crippen LogP contribution < -0.4 is 25.8 Å². The summed E-state index contributed by atoms with van der Waals surface area (Å²) in [5.74, 6) is -2.38. The Morgan fingerprint density at radius 3 is 2.02 bits per heavy atom. The lowest BCUT2D eigenvalue weighted by Gasteiger charge is -2.18. The Labute approximate surface area is 314 Å². The van der Waals surface area contributed by atoms with E-state index in [9.17, 15) is 24.3 Å². The van der Waals surface area contributed by atoms with Gasteiger partial charge in [-0.15, -0.1) is 0 Å². The van der Waals surface area contributed by atoms with E-state index >= 15 is 0 Å². The number of anilines is 1. The van der Waals surface area contributed by atoms with Gasteiger partial charge in [0, 0.05) is 19.4 Å². The maximum Gasteiger partial charge on any atom is 0.391 e. The van der Waals surface area contributed by atoms with Crippen molar-refractivity contribution >= 4 is 49.5 Å². The van der Waals surface area contributed by atoms with Gasteiger partial charge in [0.25, 0.3) is 0 Å². The highest BCUT2D eigenvalue weighted by molar-refractivity contribution is 7.39. The number of aromatic nitrogens is 2. The van der Waals surface area contributed by atoms with E-state index < -0.39 is 45.0 Å². The second-order valence-corrected chi connectivity index (χ2v) is 12.6. The molecular formula is C38H45N6O9P. The van der Waals surface area contributed by atoms with Crippen molar-refractivity contribution in [3.63, 3.8) is 0 Å². The number of nitrogens with one attached hydrogen (secondary N) is 4. The van der Waals surface area contributed by atoms with Gasteiger partial charge in [0.2, 0.25) is 18.2 Å². The molecule has 2 unspecified atom stereocenters. The van der Waals surface area contributed by atoms with Crippen LogP contribution in [0.15, 0.2) is 102 Å². The third kappa shape index (κ3) is 15.0. The average Bonchev–Trinajstić information content (AvgIpc) is 3.67. The zero-order valence-corrected chi connectivity index (χ0v) is 31.0. The van der Waals surface area contributed by atoms with Crippen molar-refractivity contribution in [2.45, 2.75) is 52.1 Å². The fourth-order valence-electron chi connectivity index (χ4n) is 4.84. The molecule has 0 saturated carbocycles. The van der Waals surface area contributed by atoms with E-state index in [1.807, 2.05) is 43.3 Å². The summed E-state index contributed by atoms with van der Waals surface area (Å²) in [5.41, 5.74) is 6.43. The molecule has 0 spiro atoms. The quantitative estimate of drug-likeness (QED) is 0.0555. The number of hydrogen-bond acceptors (Lipinski definition) is 11. The minimum atomic E-state index is -2.57. The Bertz CT molecular complexity index is 1890. The number of carbonyl (C=O) groups excluding carboxylic acids is 3. The molecule has 7 N–H and O–H groups in total. The van der Waals surface area contributed by atoms with Crippen molar-refractivity contribution < 1.29 is 43.2 Å². The number of benzene rings is 4. The van der Waals surface area contributed by atoms with Crippen LogP contribution in [-0.4, -0.2) is 74.6 Å². The Kier molecular flexibility index (Phi) is 18.0. The molecule has 0 aliphatic heterocycles. The van der Waals surface area contributed by atoms with E-state index in [1.54, 1.807) is 24.3 Å². The van der Waals surface area contributed by atoms with Gasteiger partial charge >= 0.3 is 14.6 Å². The Hall–Kier alpha value is -5.89. The molecule has 54 heavy (non-hydrogen) atoms. The van der Waals surface area contributed by atoms with E-state index in [-0.39, 0.29) is 18.6 Å². The molecule has 0 bridgehead atoms. The first kappa shape index (κ1) is 42.5. The molecule has 5 rings (SSSR count). The average molecular weight is 761 g/mol. The highest BCUT2D eigenvalue weighted by Crippen LogP contribution is 2.29. The number of hydrogen-bond donors (Lipinski definition) is 7. The van der Waals surface area contributed by atoms with Gasteiger partial charge in [-0.2, -0.15) is 0 Å². The number of amides is 3. The van der Waals surface area contributed by atoms with Crippen molar-refractivity contribution in [3.8, 4) is 5.75 Å². The summed E-state index contributed by atoms with van der Waals surface area (Å²) in [7, 11) is -2.57. The molecule has 5 aromatic rings. The standard InChI is InChI=1S/C21H24N3O8P.C10H13N3O.C7H8/c25-13-23-17(10-14-4-2-1-3-5-14)20(27)22-12-19(26)24-18(21(28)29)11-15-6-8-16(9-7-15)32-33(30)31;1-3-6-11-8-5-4-7(2)9-10(8)13-14-12-9;1-7-5-3-2-4-6-7/h1-9,13,17-18,30-31H,10-12H2,(H,22,27)(H,23,25)(H,24,26)(H,28,29);4-5,11H,3,6H2,1-2H3;2-6H,1H3. The first-order chi connectivity index (χ1) is 26.0. The van der Waals surface area contributed by atoms with E-state index in [0.717, 1.165) is 40.8 Å². The number of aliphatic carboxylic acids is 1. The van der Waals surface area contributed by atoms with Crippen molar-refractivity contribution in [3.05, 3.63) is 119 Å². The minimum absolute atomic E-state index is 0.0500. The first-order valence-corrected chi connectivity index (χ1v) is 18.1. The van der Waals surface area contributed by atoms with Gasteiger partial charge in [-0.3, -0.25) is 14.4 Å². The van der Waals surface area contributed by atoms with Crippen LogP contribution in [0.1, 0.15) is 35.6 Å². The summed E-state index contributed by atoms with van der Waals surface area (Å²) >= 11 is 0. The number of carbonyl (C=O) groups is 4. The lowest BCUT2D eigenvalue weighted by molar-refractivity contribution is -0.141. The summed E-state index contributed by atoms with van der Waals surface area (Å²) < 4.78 is 9.46. The smallest absolute Gasteiger partial charge is 0.391 e. The van der Waals surface area contributed by atoms with Crippen LogP contribution in [0.5, 0.6) is 5.75 Å². The van der Waals surface area contributed by atoms with Crippen LogP contribution in [0.25, 0.3) is 11.0 Å². The molecule has 2 atom stereocenters. The second-order valence-electron chi connectivity index (χ2n) is 11.9. The normalized spacial score (nSPS) is 11.4. The molecule has 4 aromatic carbocycles. The Morgan fingerprint density at radius 2 is 1.44 bits per heavy atom. The fraction of sp³-hybridized carbons (Fsp3) is 0.263. The largest absolute Gasteiger partial charge is 0.480 e. The third-order valence-corrected chi connectivity index (χ3v) is 7.97. The molecule has 0 fully saturated rings. The summed E-state index contributed by atoms with van der Waals surface area (Å²) in [4.78, 5) is 64.7. The third-order valence-electron chi connectivity index (χ3n) is 7.60. The monoisotopic (exact) mass is 760 g/mol. The topological polar surface area (TPSA) is 225 Å². The second kappa shape index (κ2) is 22.9. The van der Waals surface area contributed by atoms with E-state index in [4.69, 9.17) is 18.9 Å². The maximum atomic E-state index is 12.4. The maximum absolute atomic E-state index is 12.4. The number of carboxylic acids is 1. The van der Waals surface area contributed by atoms with Gasteiger partial charge in [0.15, 0.2) is 5.52 Å². The van der Waals surface area contributed by atoms with Gasteiger partial charge < -0.3 is 40.7 Å². The molecule has 0 saturated heterocycles. The SMILES string of the molecule is CCCNc1ccc(C)c2nonc12.Cc1ccccc1.O=CNC(Cc1ccccc1)C(=O)NCC(=O)NC(Cc1ccc(OP(O)O)cc1)C(=O)O. The first-order valence-electron chi connectivity index (χ1n) is 17.0. The fourth-order valence-corrected chi connectivity index (χ4v) is 5.15. The highest BCUT2D eigenvalue weighted by atomic mass is 31.2. The van der Waals surface area contributed by atoms with Gasteiger partial charge in [-0.1, -0.05) is 91.3 Å². The summed E-state index contributed by atoms with van der Waals surface area (Å²) in [6.45, 7) is 6.67. The molecule has 3 amide bonds. The van der Waals surface area contributed by atoms with Crippen LogP contribution in [0.4, 0.5) is 5.69 Å². The number of aryl methyl sites for hydroxylation is 2. The summed E-state index contributed by atoms with van der Waals surface area (Å²) in [5, 5.41) is 27.6. The summed E-state index contributed by atoms with van der Waals surface area (Å²) in [6.07, 6.45) is 1.65. The molecule has 286 valence electrons. The number of carboxylic acid groups (broad SMARTS) is 1. The predicted molar refractivity (Wildman–Crippen MR) is 204 cm³/mol. The number of rotatable bonds is 16. The van der Waals surface area contributed by atoms with Crippen molar-refractivity contribution in [1.82, 2.24) is 26.3 Å². The zero-order chi connectivity index (χ0) is 39.3. The molecular weight excluding hydrogens is 715 g/mol. The lowest BCUT2D eigenvalue weighted by atomic mass is 10.1. The van der Waals surface area contributed by atoms with Gasteiger partial charge in [-0.05, 0) is 65.5 Å². The highest BCUT2D eigenvalue weighted by Gasteiger charge is 2.23. The number of nitrogens with zero attached hydrogens (tertiary/aromatic N) is 2. The van der Waals surface area contributed by atoms with Crippen molar-refractivity contribution in [2.75, 3.05) is 18.4 Å². The van der Waals surface area contributed by atoms with Crippen LogP contribution >= 0.6 is 8.60 Å². The van der Waals surface area contributed by atoms with Gasteiger partial charge in [0.05, 0.1) is 12.2 Å². The number of fused-ring (bicyclic) bond motifs is 1. The summed E-state index contributed by atoms with van der Waals surface area (Å²) in [6, 6.07) is 27.0. The van der Waals surface area contributed by atoms with Gasteiger partial charge in [0.1, 0.15) is 23.3 Å². The molecule has 0 aliphatic rings. The zero-order valence-electron chi connectivity index (χ0n) is 30.1. The Morgan fingerprint density at radius 1 is 0.833 bits per heavy atom. The minimum Gasteiger partial charge on any atom is -0.480 e. The van der Waals surface area contributed by atoms with E-state index in [2.05, 4.69) is 57.6 Å². The van der Waals surface area contributed by atoms with Crippen LogP contribution in [-0.2, 0) is 32.0 Å². The molecule has 16 heteroatoms. The van der Waals surface area contributed by atoms with Gasteiger partial charge in [-0.25, -0.2) is 9.42 Å². The predicted octanol–water partition coefficient (Wildman–Crippen LogP) is 4.21. The van der Waals surface area contributed by atoms with Crippen LogP contribution in [0.3, 0.4) is 0 Å². The van der Waals surface area contributed by atoms with E-state index in [0.29, 0.717) is 12.0 Å². The van der Waals surface area contributed by atoms with Crippen molar-refractivity contribution in [1.29, 1.82) is 0 Å². The Balaban J connectivity index is 0.000000300. The molecule has 1 aromatic heterocycles. The van der Waals surface area contributed by atoms with E-state index in [1.165, 1.54) is 29.8 Å². The molecule has 0 radical (unpaired) electrons. The molecule has 0 aliphatic carbocycles. The lowest BCUT2D eigenvalue weighted by Crippen LogP contribution is -2.50. The molecule has 1 heterocycles. The van der Waals surface area contributed by atoms with Crippen LogP contribution in [0.2, 0.25) is 0 Å².